The summed E-state index contributed by atoms with van der Waals surface area (Å²) in [5.41, 5.74) is 0.504. The molecule has 1 aliphatic heterocycles. The molecule has 0 aromatic heterocycles. The third-order valence-corrected chi connectivity index (χ3v) is 4.74. The molecule has 1 aromatic rings. The molecule has 122 valence electrons. The zero-order valence-corrected chi connectivity index (χ0v) is 13.3. The number of nitrogens with zero attached hydrogens (tertiary/aromatic N) is 2. The molecule has 2 fully saturated rings. The highest BCUT2D eigenvalue weighted by Gasteiger charge is 2.35. The van der Waals surface area contributed by atoms with Crippen molar-refractivity contribution in [2.24, 2.45) is 0 Å². The Morgan fingerprint density at radius 2 is 2.09 bits per heavy atom. The maximum Gasteiger partial charge on any atom is 0.235 e. The fourth-order valence-electron chi connectivity index (χ4n) is 3.47. The van der Waals surface area contributed by atoms with Crippen molar-refractivity contribution in [2.75, 3.05) is 26.2 Å². The number of hydrogen-bond donors (Lipinski definition) is 1. The zero-order valence-electron chi connectivity index (χ0n) is 13.3. The molecule has 1 aromatic carbocycles. The van der Waals surface area contributed by atoms with Crippen LogP contribution in [0.5, 0.6) is 0 Å². The molecule has 1 N–H and O–H groups in total. The first-order chi connectivity index (χ1) is 11.2. The van der Waals surface area contributed by atoms with Crippen molar-refractivity contribution in [3.05, 3.63) is 35.9 Å². The first-order valence-electron chi connectivity index (χ1n) is 8.32. The van der Waals surface area contributed by atoms with Gasteiger partial charge >= 0.3 is 0 Å². The topological polar surface area (TPSA) is 65.4 Å². The van der Waals surface area contributed by atoms with Crippen LogP contribution in [0, 0.1) is 11.3 Å². The summed E-state index contributed by atoms with van der Waals surface area (Å²) in [5.74, 6) is -0.0536. The van der Waals surface area contributed by atoms with E-state index in [0.29, 0.717) is 19.7 Å². The Kier molecular flexibility index (Phi) is 4.94. The van der Waals surface area contributed by atoms with Crippen molar-refractivity contribution in [2.45, 2.75) is 37.3 Å². The van der Waals surface area contributed by atoms with E-state index in [1.807, 2.05) is 18.2 Å². The first-order valence-corrected chi connectivity index (χ1v) is 8.32. The minimum absolute atomic E-state index is 0.00848. The average molecular weight is 313 g/mol. The van der Waals surface area contributed by atoms with Crippen LogP contribution >= 0.6 is 0 Å². The number of hydrogen-bond acceptors (Lipinski definition) is 4. The minimum Gasteiger partial charge on any atom is -0.371 e. The molecule has 1 saturated heterocycles. The lowest BCUT2D eigenvalue weighted by Crippen LogP contribution is -2.50. The maximum absolute atomic E-state index is 12.3. The predicted octanol–water partition coefficient (Wildman–Crippen LogP) is 2.01. The Hall–Kier alpha value is -1.90. The molecule has 5 heteroatoms. The van der Waals surface area contributed by atoms with Crippen LogP contribution in [-0.2, 0) is 9.53 Å². The van der Waals surface area contributed by atoms with Crippen molar-refractivity contribution in [1.82, 2.24) is 10.2 Å². The van der Waals surface area contributed by atoms with Crippen LogP contribution in [0.3, 0.4) is 0 Å². The van der Waals surface area contributed by atoms with Crippen LogP contribution in [0.15, 0.2) is 30.3 Å². The molecule has 0 radical (unpaired) electrons. The van der Waals surface area contributed by atoms with Gasteiger partial charge in [-0.2, -0.15) is 5.26 Å². The molecule has 5 nitrogen and oxygen atoms in total. The molecule has 1 unspecified atom stereocenters. The van der Waals surface area contributed by atoms with E-state index in [1.54, 1.807) is 0 Å². The van der Waals surface area contributed by atoms with Crippen LogP contribution in [-0.4, -0.2) is 42.6 Å². The lowest BCUT2D eigenvalue weighted by Gasteiger charge is -2.33. The van der Waals surface area contributed by atoms with Gasteiger partial charge in [0.05, 0.1) is 25.3 Å². The molecule has 3 rings (SSSR count). The van der Waals surface area contributed by atoms with Gasteiger partial charge in [-0.15, -0.1) is 0 Å². The SMILES string of the molecule is N#CC1(NC(=O)CN2CCOC(c3ccccc3)C2)CCCC1. The monoisotopic (exact) mass is 313 g/mol. The van der Waals surface area contributed by atoms with Crippen LogP contribution in [0.25, 0.3) is 0 Å². The first kappa shape index (κ1) is 16.0. The van der Waals surface area contributed by atoms with E-state index >= 15 is 0 Å². The van der Waals surface area contributed by atoms with Crippen LogP contribution in [0.4, 0.5) is 0 Å². The fourth-order valence-corrected chi connectivity index (χ4v) is 3.47. The summed E-state index contributed by atoms with van der Waals surface area (Å²) >= 11 is 0. The Balaban J connectivity index is 1.55. The Morgan fingerprint density at radius 1 is 1.35 bits per heavy atom. The summed E-state index contributed by atoms with van der Waals surface area (Å²) in [5, 5.41) is 12.3. The molecule has 1 aliphatic carbocycles. The van der Waals surface area contributed by atoms with Gasteiger partial charge < -0.3 is 10.1 Å². The molecule has 1 atom stereocenters. The smallest absolute Gasteiger partial charge is 0.235 e. The van der Waals surface area contributed by atoms with Crippen molar-refractivity contribution in [1.29, 1.82) is 5.26 Å². The Bertz CT molecular complexity index is 576. The molecule has 1 saturated carbocycles. The molecular weight excluding hydrogens is 290 g/mol. The Morgan fingerprint density at radius 3 is 2.78 bits per heavy atom. The highest BCUT2D eigenvalue weighted by Crippen LogP contribution is 2.29. The second-order valence-electron chi connectivity index (χ2n) is 6.45. The number of rotatable bonds is 4. The van der Waals surface area contributed by atoms with Gasteiger partial charge in [-0.1, -0.05) is 30.3 Å². The van der Waals surface area contributed by atoms with Gasteiger partial charge in [-0.3, -0.25) is 9.69 Å². The van der Waals surface area contributed by atoms with Crippen LogP contribution < -0.4 is 5.32 Å². The summed E-state index contributed by atoms with van der Waals surface area (Å²) in [6.07, 6.45) is 3.58. The van der Waals surface area contributed by atoms with Gasteiger partial charge in [0.1, 0.15) is 5.54 Å². The number of ether oxygens (including phenoxy) is 1. The second-order valence-corrected chi connectivity index (χ2v) is 6.45. The molecule has 0 spiro atoms. The minimum atomic E-state index is -0.637. The number of amides is 1. The highest BCUT2D eigenvalue weighted by molar-refractivity contribution is 5.79. The second kappa shape index (κ2) is 7.12. The van der Waals surface area contributed by atoms with E-state index in [0.717, 1.165) is 37.8 Å². The third-order valence-electron chi connectivity index (χ3n) is 4.74. The summed E-state index contributed by atoms with van der Waals surface area (Å²) in [6.45, 7) is 2.40. The van der Waals surface area contributed by atoms with Gasteiger partial charge in [0.2, 0.25) is 5.91 Å². The van der Waals surface area contributed by atoms with E-state index in [-0.39, 0.29) is 12.0 Å². The molecule has 2 aliphatic rings. The molecule has 0 bridgehead atoms. The van der Waals surface area contributed by atoms with E-state index in [2.05, 4.69) is 28.4 Å². The van der Waals surface area contributed by atoms with E-state index < -0.39 is 5.54 Å². The van der Waals surface area contributed by atoms with Crippen molar-refractivity contribution in [3.8, 4) is 6.07 Å². The van der Waals surface area contributed by atoms with Gasteiger partial charge in [0, 0.05) is 13.1 Å². The fraction of sp³-hybridized carbons (Fsp3) is 0.556. The van der Waals surface area contributed by atoms with Gasteiger partial charge in [0.15, 0.2) is 0 Å². The molecule has 1 heterocycles. The standard InChI is InChI=1S/C18H23N3O2/c19-14-18(8-4-5-9-18)20-17(22)13-21-10-11-23-16(12-21)15-6-2-1-3-7-15/h1-3,6-7,16H,4-5,8-13H2,(H,20,22). The Labute approximate surface area is 137 Å². The van der Waals surface area contributed by atoms with Gasteiger partial charge in [-0.25, -0.2) is 0 Å². The summed E-state index contributed by atoms with van der Waals surface area (Å²) in [7, 11) is 0. The molecular formula is C18H23N3O2. The number of nitrogens with one attached hydrogen (secondary N) is 1. The molecule has 1 amide bonds. The molecule has 23 heavy (non-hydrogen) atoms. The number of carbonyl (C=O) groups excluding carboxylic acids is 1. The normalized spacial score (nSPS) is 24.0. The van der Waals surface area contributed by atoms with E-state index in [1.165, 1.54) is 0 Å². The highest BCUT2D eigenvalue weighted by atomic mass is 16.5. The predicted molar refractivity (Wildman–Crippen MR) is 86.5 cm³/mol. The van der Waals surface area contributed by atoms with Gasteiger partial charge in [-0.05, 0) is 31.2 Å². The third kappa shape index (κ3) is 3.90. The lowest BCUT2D eigenvalue weighted by atomic mass is 10.00. The summed E-state index contributed by atoms with van der Waals surface area (Å²) < 4.78 is 5.82. The lowest BCUT2D eigenvalue weighted by molar-refractivity contribution is -0.125. The van der Waals surface area contributed by atoms with E-state index in [4.69, 9.17) is 4.74 Å². The van der Waals surface area contributed by atoms with E-state index in [9.17, 15) is 10.1 Å². The number of nitriles is 1. The van der Waals surface area contributed by atoms with Crippen LogP contribution in [0.1, 0.15) is 37.4 Å². The maximum atomic E-state index is 12.3. The zero-order chi connectivity index (χ0) is 16.1. The number of carbonyl (C=O) groups is 1. The van der Waals surface area contributed by atoms with Gasteiger partial charge in [0.25, 0.3) is 0 Å². The quantitative estimate of drug-likeness (QED) is 0.923. The van der Waals surface area contributed by atoms with Crippen molar-refractivity contribution in [3.63, 3.8) is 0 Å². The largest absolute Gasteiger partial charge is 0.371 e. The van der Waals surface area contributed by atoms with Crippen molar-refractivity contribution < 1.29 is 9.53 Å². The van der Waals surface area contributed by atoms with Crippen LogP contribution in [0.2, 0.25) is 0 Å². The number of benzene rings is 1. The van der Waals surface area contributed by atoms with Crippen molar-refractivity contribution >= 4 is 5.91 Å². The number of morpholine rings is 1. The average Bonchev–Trinajstić information content (AvgIpc) is 3.05. The summed E-state index contributed by atoms with van der Waals surface area (Å²) in [4.78, 5) is 14.4. The summed E-state index contributed by atoms with van der Waals surface area (Å²) in [6, 6.07) is 12.4.